The lowest BCUT2D eigenvalue weighted by molar-refractivity contribution is 0.0985. The zero-order valence-electron chi connectivity index (χ0n) is 16.6. The Kier molecular flexibility index (Phi) is 5.09. The molecule has 0 spiro atoms. The van der Waals surface area contributed by atoms with Gasteiger partial charge in [-0.1, -0.05) is 65.7 Å². The summed E-state index contributed by atoms with van der Waals surface area (Å²) in [5, 5.41) is 13.4. The molecule has 0 fully saturated rings. The monoisotopic (exact) mass is 447 g/mol. The zero-order chi connectivity index (χ0) is 21.5. The largest absolute Gasteiger partial charge is 0.508 e. The van der Waals surface area contributed by atoms with Crippen molar-refractivity contribution in [2.24, 2.45) is 0 Å². The van der Waals surface area contributed by atoms with Crippen LogP contribution in [0.3, 0.4) is 0 Å². The van der Waals surface area contributed by atoms with Gasteiger partial charge in [0, 0.05) is 16.5 Å². The van der Waals surface area contributed by atoms with Gasteiger partial charge in [-0.05, 0) is 59.7 Å². The molecule has 1 aliphatic rings. The van der Waals surface area contributed by atoms with Gasteiger partial charge in [0.1, 0.15) is 5.75 Å². The third-order valence-corrected chi connectivity index (χ3v) is 6.62. The number of phenols is 1. The van der Waals surface area contributed by atoms with Crippen LogP contribution in [0.15, 0.2) is 72.8 Å². The molecule has 4 aromatic rings. The molecule has 5 heteroatoms. The summed E-state index contributed by atoms with van der Waals surface area (Å²) in [6, 6.07) is 22.3. The molecule has 0 unspecified atom stereocenters. The first-order valence-corrected chi connectivity index (χ1v) is 10.9. The molecule has 0 bridgehead atoms. The van der Waals surface area contributed by atoms with E-state index in [9.17, 15) is 9.90 Å². The smallest absolute Gasteiger partial charge is 0.258 e. The molecular formula is C26H19Cl2NO2. The summed E-state index contributed by atoms with van der Waals surface area (Å²) in [6.45, 7) is 0.227. The molecule has 31 heavy (non-hydrogen) atoms. The molecule has 1 N–H and O–H groups in total. The first-order valence-electron chi connectivity index (χ1n) is 10.1. The first kappa shape index (κ1) is 19.9. The summed E-state index contributed by atoms with van der Waals surface area (Å²) in [5.74, 6) is -0.0547. The van der Waals surface area contributed by atoms with Crippen molar-refractivity contribution in [3.05, 3.63) is 105 Å². The second kappa shape index (κ2) is 7.92. The highest BCUT2D eigenvalue weighted by atomic mass is 35.5. The minimum absolute atomic E-state index is 0.153. The van der Waals surface area contributed by atoms with Gasteiger partial charge in [0.15, 0.2) is 0 Å². The molecule has 1 aliphatic carbocycles. The molecule has 0 aromatic heterocycles. The van der Waals surface area contributed by atoms with Gasteiger partial charge in [0.25, 0.3) is 5.91 Å². The number of para-hydroxylation sites is 1. The zero-order valence-corrected chi connectivity index (χ0v) is 18.1. The van der Waals surface area contributed by atoms with E-state index in [1.54, 1.807) is 35.2 Å². The third kappa shape index (κ3) is 3.54. The molecule has 154 valence electrons. The van der Waals surface area contributed by atoms with Gasteiger partial charge in [0.05, 0.1) is 22.3 Å². The van der Waals surface area contributed by atoms with Crippen LogP contribution in [0, 0.1) is 0 Å². The minimum Gasteiger partial charge on any atom is -0.508 e. The van der Waals surface area contributed by atoms with Crippen LogP contribution in [0.1, 0.15) is 27.0 Å². The lowest BCUT2D eigenvalue weighted by Crippen LogP contribution is -2.30. The maximum Gasteiger partial charge on any atom is 0.258 e. The maximum atomic E-state index is 13.7. The van der Waals surface area contributed by atoms with Crippen LogP contribution in [0.25, 0.3) is 10.8 Å². The number of phenolic OH excluding ortho intramolecular Hbond substituents is 1. The number of aromatic hydroxyl groups is 1. The van der Waals surface area contributed by atoms with Crippen molar-refractivity contribution < 1.29 is 9.90 Å². The van der Waals surface area contributed by atoms with E-state index in [0.29, 0.717) is 21.2 Å². The standard InChI is InChI=1S/C26H19Cl2NO2/c27-21-12-10-18(14-22(21)28)26(31)29(15-19-4-1-2-7-24(19)30)23-13-11-17-9-8-16-5-3-6-20(23)25(16)17/h1-7,10-14,30H,8-9,15H2. The molecule has 3 nitrogen and oxygen atoms in total. The summed E-state index contributed by atoms with van der Waals surface area (Å²) in [4.78, 5) is 15.4. The molecule has 4 aromatic carbocycles. The Hall–Kier alpha value is -3.01. The van der Waals surface area contributed by atoms with Crippen molar-refractivity contribution in [3.63, 3.8) is 0 Å². The fourth-order valence-electron chi connectivity index (χ4n) is 4.33. The maximum absolute atomic E-state index is 13.7. The van der Waals surface area contributed by atoms with Gasteiger partial charge in [0.2, 0.25) is 0 Å². The van der Waals surface area contributed by atoms with Crippen molar-refractivity contribution in [3.8, 4) is 5.75 Å². The Labute approximate surface area is 190 Å². The van der Waals surface area contributed by atoms with Crippen LogP contribution >= 0.6 is 23.2 Å². The predicted molar refractivity (Wildman–Crippen MR) is 126 cm³/mol. The number of hydrogen-bond acceptors (Lipinski definition) is 2. The minimum atomic E-state index is -0.208. The number of carbonyl (C=O) groups is 1. The third-order valence-electron chi connectivity index (χ3n) is 5.88. The van der Waals surface area contributed by atoms with Crippen molar-refractivity contribution >= 4 is 45.6 Å². The van der Waals surface area contributed by atoms with E-state index in [1.165, 1.54) is 16.5 Å². The van der Waals surface area contributed by atoms with E-state index in [2.05, 4.69) is 18.2 Å². The molecule has 0 aliphatic heterocycles. The predicted octanol–water partition coefficient (Wildman–Crippen LogP) is 6.80. The van der Waals surface area contributed by atoms with Gasteiger partial charge >= 0.3 is 0 Å². The Bertz CT molecular complexity index is 1320. The molecular weight excluding hydrogens is 429 g/mol. The Morgan fingerprint density at radius 2 is 1.65 bits per heavy atom. The quantitative estimate of drug-likeness (QED) is 0.373. The summed E-state index contributed by atoms with van der Waals surface area (Å²) in [7, 11) is 0. The van der Waals surface area contributed by atoms with E-state index in [1.807, 2.05) is 24.3 Å². The first-order chi connectivity index (χ1) is 15.0. The van der Waals surface area contributed by atoms with E-state index in [4.69, 9.17) is 23.2 Å². The molecule has 0 saturated heterocycles. The number of benzene rings is 4. The second-order valence-electron chi connectivity index (χ2n) is 7.73. The Balaban J connectivity index is 1.68. The van der Waals surface area contributed by atoms with E-state index in [-0.39, 0.29) is 18.2 Å². The number of nitrogens with zero attached hydrogens (tertiary/aromatic N) is 1. The van der Waals surface area contributed by atoms with E-state index in [0.717, 1.165) is 23.9 Å². The lowest BCUT2D eigenvalue weighted by Gasteiger charge is -2.26. The number of carbonyl (C=O) groups excluding carboxylic acids is 1. The Morgan fingerprint density at radius 3 is 2.42 bits per heavy atom. The van der Waals surface area contributed by atoms with Gasteiger partial charge in [-0.3, -0.25) is 4.79 Å². The topological polar surface area (TPSA) is 40.5 Å². The number of rotatable bonds is 4. The SMILES string of the molecule is O=C(c1ccc(Cl)c(Cl)c1)N(Cc1ccccc1O)c1ccc2c3c(cccc13)CC2. The summed E-state index contributed by atoms with van der Waals surface area (Å²) >= 11 is 12.3. The highest BCUT2D eigenvalue weighted by molar-refractivity contribution is 6.42. The summed E-state index contributed by atoms with van der Waals surface area (Å²) in [6.07, 6.45) is 2.02. The Morgan fingerprint density at radius 1 is 0.871 bits per heavy atom. The second-order valence-corrected chi connectivity index (χ2v) is 8.55. The van der Waals surface area contributed by atoms with Crippen LogP contribution < -0.4 is 4.90 Å². The normalized spacial score (nSPS) is 12.3. The van der Waals surface area contributed by atoms with Gasteiger partial charge in [-0.2, -0.15) is 0 Å². The van der Waals surface area contributed by atoms with Crippen molar-refractivity contribution in [2.45, 2.75) is 19.4 Å². The number of amides is 1. The van der Waals surface area contributed by atoms with E-state index >= 15 is 0 Å². The van der Waals surface area contributed by atoms with Crippen LogP contribution in [0.4, 0.5) is 5.69 Å². The molecule has 5 rings (SSSR count). The van der Waals surface area contributed by atoms with Gasteiger partial charge < -0.3 is 10.0 Å². The van der Waals surface area contributed by atoms with Crippen LogP contribution in [-0.4, -0.2) is 11.0 Å². The number of hydrogen-bond donors (Lipinski definition) is 1. The van der Waals surface area contributed by atoms with Crippen molar-refractivity contribution in [1.29, 1.82) is 0 Å². The summed E-state index contributed by atoms with van der Waals surface area (Å²) in [5.41, 5.74) is 4.52. The fraction of sp³-hybridized carbons (Fsp3) is 0.115. The van der Waals surface area contributed by atoms with Crippen molar-refractivity contribution in [1.82, 2.24) is 0 Å². The van der Waals surface area contributed by atoms with Gasteiger partial charge in [-0.15, -0.1) is 0 Å². The molecule has 1 amide bonds. The van der Waals surface area contributed by atoms with Crippen molar-refractivity contribution in [2.75, 3.05) is 4.90 Å². The molecule has 0 atom stereocenters. The fourth-order valence-corrected chi connectivity index (χ4v) is 4.63. The number of aryl methyl sites for hydroxylation is 2. The average Bonchev–Trinajstić information content (AvgIpc) is 3.20. The molecule has 0 radical (unpaired) electrons. The highest BCUT2D eigenvalue weighted by Gasteiger charge is 2.24. The van der Waals surface area contributed by atoms with E-state index < -0.39 is 0 Å². The van der Waals surface area contributed by atoms with Crippen LogP contribution in [0.5, 0.6) is 5.75 Å². The highest BCUT2D eigenvalue weighted by Crippen LogP contribution is 2.38. The van der Waals surface area contributed by atoms with Crippen LogP contribution in [-0.2, 0) is 19.4 Å². The number of halogens is 2. The lowest BCUT2D eigenvalue weighted by atomic mass is 10.0. The van der Waals surface area contributed by atoms with Crippen LogP contribution in [0.2, 0.25) is 10.0 Å². The number of anilines is 1. The van der Waals surface area contributed by atoms with Gasteiger partial charge in [-0.25, -0.2) is 0 Å². The average molecular weight is 448 g/mol. The molecule has 0 heterocycles. The molecule has 0 saturated carbocycles. The summed E-state index contributed by atoms with van der Waals surface area (Å²) < 4.78 is 0.